The summed E-state index contributed by atoms with van der Waals surface area (Å²) >= 11 is 0. The Morgan fingerprint density at radius 2 is 1.45 bits per heavy atom. The number of rotatable bonds is 5. The minimum atomic E-state index is -0.504. The van der Waals surface area contributed by atoms with Gasteiger partial charge in [-0.3, -0.25) is 9.59 Å². The molecule has 0 amide bonds. The average Bonchev–Trinajstić information content (AvgIpc) is 2.83. The SMILES string of the molecule is COC(=O)c1ccc([C@@H]2CC(=O)OC(c3ccccc3)=C2C(=O)c2ccccc2)cc1. The Balaban J connectivity index is 1.87. The van der Waals surface area contributed by atoms with Gasteiger partial charge in [0.2, 0.25) is 0 Å². The summed E-state index contributed by atoms with van der Waals surface area (Å²) < 4.78 is 10.4. The van der Waals surface area contributed by atoms with Gasteiger partial charge in [0.15, 0.2) is 5.78 Å². The van der Waals surface area contributed by atoms with E-state index in [1.54, 1.807) is 48.5 Å². The van der Waals surface area contributed by atoms with Crippen LogP contribution in [0, 0.1) is 0 Å². The molecule has 5 nitrogen and oxygen atoms in total. The molecule has 0 saturated carbocycles. The lowest BCUT2D eigenvalue weighted by Gasteiger charge is -2.27. The molecule has 4 rings (SSSR count). The molecule has 0 fully saturated rings. The fraction of sp³-hybridized carbons (Fsp3) is 0.115. The third kappa shape index (κ3) is 4.16. The fourth-order valence-electron chi connectivity index (χ4n) is 3.70. The Morgan fingerprint density at radius 3 is 2.06 bits per heavy atom. The molecule has 1 aliphatic rings. The van der Waals surface area contributed by atoms with Crippen LogP contribution in [0.1, 0.15) is 44.2 Å². The molecule has 3 aromatic carbocycles. The van der Waals surface area contributed by atoms with Crippen LogP contribution in [0.25, 0.3) is 5.76 Å². The Kier molecular flexibility index (Phi) is 5.76. The summed E-state index contributed by atoms with van der Waals surface area (Å²) in [6, 6.07) is 24.8. The van der Waals surface area contributed by atoms with Crippen molar-refractivity contribution in [2.75, 3.05) is 7.11 Å². The van der Waals surface area contributed by atoms with E-state index < -0.39 is 17.9 Å². The van der Waals surface area contributed by atoms with Gasteiger partial charge in [0.05, 0.1) is 24.7 Å². The molecular weight excluding hydrogens is 392 g/mol. The van der Waals surface area contributed by atoms with Gasteiger partial charge in [-0.25, -0.2) is 4.79 Å². The topological polar surface area (TPSA) is 69.7 Å². The van der Waals surface area contributed by atoms with Gasteiger partial charge in [0, 0.05) is 17.0 Å². The van der Waals surface area contributed by atoms with Gasteiger partial charge in [-0.1, -0.05) is 72.8 Å². The van der Waals surface area contributed by atoms with E-state index in [9.17, 15) is 14.4 Å². The second kappa shape index (κ2) is 8.79. The number of allylic oxidation sites excluding steroid dienone is 1. The van der Waals surface area contributed by atoms with Gasteiger partial charge in [0.1, 0.15) is 5.76 Å². The largest absolute Gasteiger partial charge is 0.465 e. The molecule has 0 aliphatic carbocycles. The van der Waals surface area contributed by atoms with Crippen LogP contribution in [0.4, 0.5) is 0 Å². The van der Waals surface area contributed by atoms with Crippen LogP contribution in [-0.2, 0) is 14.3 Å². The third-order valence-corrected chi connectivity index (χ3v) is 5.23. The first kappa shape index (κ1) is 20.3. The van der Waals surface area contributed by atoms with E-state index >= 15 is 0 Å². The van der Waals surface area contributed by atoms with Gasteiger partial charge in [-0.2, -0.15) is 0 Å². The maximum Gasteiger partial charge on any atom is 0.337 e. The number of carbonyl (C=O) groups excluding carboxylic acids is 3. The molecule has 0 aromatic heterocycles. The van der Waals surface area contributed by atoms with E-state index in [1.165, 1.54) is 7.11 Å². The quantitative estimate of drug-likeness (QED) is 0.445. The highest BCUT2D eigenvalue weighted by Gasteiger charge is 2.36. The van der Waals surface area contributed by atoms with Gasteiger partial charge in [0.25, 0.3) is 0 Å². The van der Waals surface area contributed by atoms with E-state index in [0.717, 1.165) is 5.56 Å². The minimum Gasteiger partial charge on any atom is -0.465 e. The van der Waals surface area contributed by atoms with Crippen molar-refractivity contribution >= 4 is 23.5 Å². The van der Waals surface area contributed by atoms with E-state index in [1.807, 2.05) is 36.4 Å². The van der Waals surface area contributed by atoms with Crippen LogP contribution in [0.15, 0.2) is 90.5 Å². The lowest BCUT2D eigenvalue weighted by molar-refractivity contribution is -0.137. The number of benzene rings is 3. The molecule has 0 saturated heterocycles. The smallest absolute Gasteiger partial charge is 0.337 e. The molecule has 1 aliphatic heterocycles. The lowest BCUT2D eigenvalue weighted by Crippen LogP contribution is -2.25. The summed E-state index contributed by atoms with van der Waals surface area (Å²) in [5, 5.41) is 0. The third-order valence-electron chi connectivity index (χ3n) is 5.23. The van der Waals surface area contributed by atoms with Crippen LogP contribution in [0.5, 0.6) is 0 Å². The highest BCUT2D eigenvalue weighted by atomic mass is 16.5. The monoisotopic (exact) mass is 412 g/mol. The number of cyclic esters (lactones) is 1. The van der Waals surface area contributed by atoms with E-state index in [-0.39, 0.29) is 18.0 Å². The zero-order valence-corrected chi connectivity index (χ0v) is 16.9. The maximum atomic E-state index is 13.6. The average molecular weight is 412 g/mol. The van der Waals surface area contributed by atoms with Gasteiger partial charge in [-0.05, 0) is 17.7 Å². The molecule has 0 spiro atoms. The Labute approximate surface area is 179 Å². The Bertz CT molecular complexity index is 1150. The second-order valence-electron chi connectivity index (χ2n) is 7.15. The van der Waals surface area contributed by atoms with Crippen molar-refractivity contribution in [1.29, 1.82) is 0 Å². The predicted molar refractivity (Wildman–Crippen MR) is 115 cm³/mol. The van der Waals surface area contributed by atoms with Gasteiger partial charge >= 0.3 is 11.9 Å². The summed E-state index contributed by atoms with van der Waals surface area (Å²) in [5.41, 5.74) is 2.73. The molecule has 3 aromatic rings. The summed E-state index contributed by atoms with van der Waals surface area (Å²) in [7, 11) is 1.32. The number of hydrogen-bond donors (Lipinski definition) is 0. The Morgan fingerprint density at radius 1 is 0.839 bits per heavy atom. The fourth-order valence-corrected chi connectivity index (χ4v) is 3.70. The Hall–Kier alpha value is -3.99. The molecule has 1 atom stereocenters. The zero-order valence-electron chi connectivity index (χ0n) is 16.9. The summed E-state index contributed by atoms with van der Waals surface area (Å²) in [6.45, 7) is 0. The molecular formula is C26H20O5. The van der Waals surface area contributed by atoms with E-state index in [2.05, 4.69) is 0 Å². The highest BCUT2D eigenvalue weighted by molar-refractivity contribution is 6.15. The number of Topliss-reactive ketones (excluding diaryl/α,β-unsaturated/α-hetero) is 1. The zero-order chi connectivity index (χ0) is 21.8. The summed E-state index contributed by atoms with van der Waals surface area (Å²) in [6.07, 6.45) is 0.0296. The van der Waals surface area contributed by atoms with Crippen LogP contribution in [0.3, 0.4) is 0 Å². The van der Waals surface area contributed by atoms with Crippen molar-refractivity contribution in [1.82, 2.24) is 0 Å². The minimum absolute atomic E-state index is 0.0296. The van der Waals surface area contributed by atoms with Crippen molar-refractivity contribution in [3.05, 3.63) is 113 Å². The van der Waals surface area contributed by atoms with Crippen molar-refractivity contribution < 1.29 is 23.9 Å². The molecule has 0 bridgehead atoms. The molecule has 0 radical (unpaired) electrons. The number of methoxy groups -OCH3 is 1. The maximum absolute atomic E-state index is 13.6. The first-order chi connectivity index (χ1) is 15.1. The molecule has 0 unspecified atom stereocenters. The van der Waals surface area contributed by atoms with Gasteiger partial charge < -0.3 is 9.47 Å². The highest BCUT2D eigenvalue weighted by Crippen LogP contribution is 2.40. The van der Waals surface area contributed by atoms with Crippen molar-refractivity contribution in [3.8, 4) is 0 Å². The van der Waals surface area contributed by atoms with Crippen LogP contribution in [-0.4, -0.2) is 24.8 Å². The van der Waals surface area contributed by atoms with Crippen LogP contribution >= 0.6 is 0 Å². The van der Waals surface area contributed by atoms with Gasteiger partial charge in [-0.15, -0.1) is 0 Å². The standard InChI is InChI=1S/C26H20O5/c1-30-26(29)20-14-12-17(13-15-20)21-16-22(27)31-25(19-10-6-3-7-11-19)23(21)24(28)18-8-4-2-5-9-18/h2-15,21H,16H2,1H3/t21-/m0/s1. The number of carbonyl (C=O) groups is 3. The molecule has 31 heavy (non-hydrogen) atoms. The number of ether oxygens (including phenoxy) is 2. The normalized spacial score (nSPS) is 15.9. The lowest BCUT2D eigenvalue weighted by atomic mass is 9.81. The predicted octanol–water partition coefficient (Wildman–Crippen LogP) is 4.80. The first-order valence-corrected chi connectivity index (χ1v) is 9.86. The van der Waals surface area contributed by atoms with Crippen LogP contribution < -0.4 is 0 Å². The number of ketones is 1. The number of hydrogen-bond acceptors (Lipinski definition) is 5. The summed E-state index contributed by atoms with van der Waals surface area (Å²) in [4.78, 5) is 37.9. The molecule has 5 heteroatoms. The van der Waals surface area contributed by atoms with Crippen LogP contribution in [0.2, 0.25) is 0 Å². The van der Waals surface area contributed by atoms with Crippen molar-refractivity contribution in [2.24, 2.45) is 0 Å². The van der Waals surface area contributed by atoms with E-state index in [0.29, 0.717) is 22.3 Å². The second-order valence-corrected chi connectivity index (χ2v) is 7.15. The first-order valence-electron chi connectivity index (χ1n) is 9.86. The summed E-state index contributed by atoms with van der Waals surface area (Å²) in [5.74, 6) is -1.29. The molecule has 0 N–H and O–H groups in total. The van der Waals surface area contributed by atoms with Crippen molar-refractivity contribution in [2.45, 2.75) is 12.3 Å². The van der Waals surface area contributed by atoms with Crippen molar-refractivity contribution in [3.63, 3.8) is 0 Å². The molecule has 154 valence electrons. The van der Waals surface area contributed by atoms with E-state index in [4.69, 9.17) is 9.47 Å². The molecule has 1 heterocycles. The number of esters is 2.